The topological polar surface area (TPSA) is 41.3 Å². The molecule has 1 aliphatic heterocycles. The molecule has 100 valence electrons. The second kappa shape index (κ2) is 6.21. The first-order valence-corrected chi connectivity index (χ1v) is 6.96. The van der Waals surface area contributed by atoms with Crippen molar-refractivity contribution in [1.29, 1.82) is 0 Å². The molecule has 3 N–H and O–H groups in total. The largest absolute Gasteiger partial charge is 0.399 e. The van der Waals surface area contributed by atoms with Crippen molar-refractivity contribution < 1.29 is 0 Å². The lowest BCUT2D eigenvalue weighted by Crippen LogP contribution is -2.44. The fourth-order valence-electron chi connectivity index (χ4n) is 2.68. The Kier molecular flexibility index (Phi) is 4.61. The van der Waals surface area contributed by atoms with Gasteiger partial charge in [0.15, 0.2) is 0 Å². The van der Waals surface area contributed by atoms with E-state index >= 15 is 0 Å². The summed E-state index contributed by atoms with van der Waals surface area (Å²) >= 11 is 0. The number of nitrogens with zero attached hydrogens (tertiary/aromatic N) is 1. The summed E-state index contributed by atoms with van der Waals surface area (Å²) in [5.41, 5.74) is 8.00. The molecule has 18 heavy (non-hydrogen) atoms. The van der Waals surface area contributed by atoms with Gasteiger partial charge in [-0.1, -0.05) is 26.0 Å². The molecule has 0 bridgehead atoms. The van der Waals surface area contributed by atoms with Gasteiger partial charge in [-0.05, 0) is 43.6 Å². The first-order valence-electron chi connectivity index (χ1n) is 6.96. The average molecular weight is 247 g/mol. The van der Waals surface area contributed by atoms with Crippen LogP contribution < -0.4 is 11.1 Å². The number of hydrogen-bond donors (Lipinski definition) is 2. The molecule has 1 heterocycles. The number of likely N-dealkylation sites (tertiary alicyclic amines) is 1. The van der Waals surface area contributed by atoms with Crippen LogP contribution in [0.1, 0.15) is 32.3 Å². The second-order valence-electron chi connectivity index (χ2n) is 5.62. The molecule has 0 unspecified atom stereocenters. The van der Waals surface area contributed by atoms with Crippen molar-refractivity contribution in [3.8, 4) is 0 Å². The lowest BCUT2D eigenvalue weighted by molar-refractivity contribution is 0.186. The molecule has 0 aliphatic carbocycles. The molecular weight excluding hydrogens is 222 g/mol. The van der Waals surface area contributed by atoms with Gasteiger partial charge >= 0.3 is 0 Å². The standard InChI is InChI=1S/C15H25N3/c1-12(2)17-15-6-8-18(9-7-15)11-13-4-3-5-14(16)10-13/h3-5,10,12,15,17H,6-9,11,16H2,1-2H3. The van der Waals surface area contributed by atoms with E-state index in [1.54, 1.807) is 0 Å². The number of nitrogens with two attached hydrogens (primary N) is 1. The number of hydrogen-bond acceptors (Lipinski definition) is 3. The lowest BCUT2D eigenvalue weighted by Gasteiger charge is -2.33. The smallest absolute Gasteiger partial charge is 0.0317 e. The molecule has 3 nitrogen and oxygen atoms in total. The van der Waals surface area contributed by atoms with E-state index in [1.165, 1.54) is 31.5 Å². The van der Waals surface area contributed by atoms with E-state index in [9.17, 15) is 0 Å². The Balaban J connectivity index is 1.80. The Morgan fingerprint density at radius 1 is 1.33 bits per heavy atom. The Hall–Kier alpha value is -1.06. The monoisotopic (exact) mass is 247 g/mol. The van der Waals surface area contributed by atoms with E-state index < -0.39 is 0 Å². The van der Waals surface area contributed by atoms with Crippen LogP contribution in [0.25, 0.3) is 0 Å². The zero-order valence-corrected chi connectivity index (χ0v) is 11.5. The highest BCUT2D eigenvalue weighted by molar-refractivity contribution is 5.40. The molecule has 1 fully saturated rings. The SMILES string of the molecule is CC(C)NC1CCN(Cc2cccc(N)c2)CC1. The van der Waals surface area contributed by atoms with Gasteiger partial charge in [0.2, 0.25) is 0 Å². The Morgan fingerprint density at radius 2 is 2.06 bits per heavy atom. The average Bonchev–Trinajstić information content (AvgIpc) is 2.31. The zero-order valence-electron chi connectivity index (χ0n) is 11.5. The maximum atomic E-state index is 5.81. The molecule has 2 rings (SSSR count). The fourth-order valence-corrected chi connectivity index (χ4v) is 2.68. The van der Waals surface area contributed by atoms with Crippen LogP contribution in [0.15, 0.2) is 24.3 Å². The van der Waals surface area contributed by atoms with Crippen LogP contribution in [0.4, 0.5) is 5.69 Å². The summed E-state index contributed by atoms with van der Waals surface area (Å²) in [5.74, 6) is 0. The van der Waals surface area contributed by atoms with Gasteiger partial charge in [0, 0.05) is 24.3 Å². The first kappa shape index (κ1) is 13.4. The van der Waals surface area contributed by atoms with Gasteiger partial charge < -0.3 is 11.1 Å². The predicted octanol–water partition coefficient (Wildman–Crippen LogP) is 2.23. The van der Waals surface area contributed by atoms with Crippen molar-refractivity contribution in [2.75, 3.05) is 18.8 Å². The second-order valence-corrected chi connectivity index (χ2v) is 5.62. The van der Waals surface area contributed by atoms with Crippen LogP contribution in [0.3, 0.4) is 0 Å². The van der Waals surface area contributed by atoms with E-state index in [-0.39, 0.29) is 0 Å². The molecule has 1 aromatic rings. The van der Waals surface area contributed by atoms with Crippen molar-refractivity contribution in [2.45, 2.75) is 45.3 Å². The van der Waals surface area contributed by atoms with Gasteiger partial charge in [0.05, 0.1) is 0 Å². The van der Waals surface area contributed by atoms with Crippen molar-refractivity contribution in [3.63, 3.8) is 0 Å². The highest BCUT2D eigenvalue weighted by atomic mass is 15.1. The predicted molar refractivity (Wildman–Crippen MR) is 77.4 cm³/mol. The van der Waals surface area contributed by atoms with Crippen LogP contribution in [-0.4, -0.2) is 30.1 Å². The number of benzene rings is 1. The summed E-state index contributed by atoms with van der Waals surface area (Å²) < 4.78 is 0. The molecule has 1 saturated heterocycles. The summed E-state index contributed by atoms with van der Waals surface area (Å²) in [6, 6.07) is 9.52. The van der Waals surface area contributed by atoms with Crippen LogP contribution >= 0.6 is 0 Å². The molecule has 3 heteroatoms. The Bertz CT molecular complexity index is 368. The normalized spacial score (nSPS) is 18.4. The van der Waals surface area contributed by atoms with Crippen molar-refractivity contribution in [1.82, 2.24) is 10.2 Å². The van der Waals surface area contributed by atoms with Crippen molar-refractivity contribution in [3.05, 3.63) is 29.8 Å². The third-order valence-electron chi connectivity index (χ3n) is 3.51. The Morgan fingerprint density at radius 3 is 2.67 bits per heavy atom. The molecule has 1 aromatic carbocycles. The van der Waals surface area contributed by atoms with Crippen LogP contribution in [0.5, 0.6) is 0 Å². The maximum Gasteiger partial charge on any atom is 0.0317 e. The number of nitrogens with one attached hydrogen (secondary N) is 1. The fraction of sp³-hybridized carbons (Fsp3) is 0.600. The van der Waals surface area contributed by atoms with E-state index in [0.717, 1.165) is 12.2 Å². The number of anilines is 1. The lowest BCUT2D eigenvalue weighted by atomic mass is 10.0. The molecule has 0 spiro atoms. The minimum absolute atomic E-state index is 0.593. The van der Waals surface area contributed by atoms with E-state index in [1.807, 2.05) is 12.1 Å². The highest BCUT2D eigenvalue weighted by Crippen LogP contribution is 2.15. The summed E-state index contributed by atoms with van der Waals surface area (Å²) in [6.45, 7) is 7.83. The van der Waals surface area contributed by atoms with Crippen LogP contribution in [-0.2, 0) is 6.54 Å². The quantitative estimate of drug-likeness (QED) is 0.802. The summed E-state index contributed by atoms with van der Waals surface area (Å²) in [5, 5.41) is 3.63. The highest BCUT2D eigenvalue weighted by Gasteiger charge is 2.19. The van der Waals surface area contributed by atoms with Gasteiger partial charge in [-0.15, -0.1) is 0 Å². The molecule has 0 atom stereocenters. The minimum Gasteiger partial charge on any atom is -0.399 e. The molecule has 0 saturated carbocycles. The minimum atomic E-state index is 0.593. The third-order valence-corrected chi connectivity index (χ3v) is 3.51. The molecule has 0 radical (unpaired) electrons. The zero-order chi connectivity index (χ0) is 13.0. The molecule has 0 aromatic heterocycles. The number of piperidine rings is 1. The van der Waals surface area contributed by atoms with Gasteiger partial charge in [0.25, 0.3) is 0 Å². The van der Waals surface area contributed by atoms with Crippen LogP contribution in [0, 0.1) is 0 Å². The first-order chi connectivity index (χ1) is 8.63. The van der Waals surface area contributed by atoms with Crippen molar-refractivity contribution >= 4 is 5.69 Å². The van der Waals surface area contributed by atoms with Crippen LogP contribution in [0.2, 0.25) is 0 Å². The Labute approximate surface area is 110 Å². The molecule has 1 aliphatic rings. The third kappa shape index (κ3) is 4.00. The van der Waals surface area contributed by atoms with E-state index in [4.69, 9.17) is 5.73 Å². The van der Waals surface area contributed by atoms with E-state index in [2.05, 4.69) is 36.2 Å². The van der Waals surface area contributed by atoms with E-state index in [0.29, 0.717) is 12.1 Å². The summed E-state index contributed by atoms with van der Waals surface area (Å²) in [7, 11) is 0. The van der Waals surface area contributed by atoms with Gasteiger partial charge in [-0.2, -0.15) is 0 Å². The molecular formula is C15H25N3. The van der Waals surface area contributed by atoms with Gasteiger partial charge in [0.1, 0.15) is 0 Å². The van der Waals surface area contributed by atoms with Crippen molar-refractivity contribution in [2.24, 2.45) is 0 Å². The number of nitrogen functional groups attached to an aromatic ring is 1. The van der Waals surface area contributed by atoms with Gasteiger partial charge in [-0.3, -0.25) is 4.90 Å². The summed E-state index contributed by atoms with van der Waals surface area (Å²) in [6.07, 6.45) is 2.50. The molecule has 0 amide bonds. The summed E-state index contributed by atoms with van der Waals surface area (Å²) in [4.78, 5) is 2.52. The number of rotatable bonds is 4. The van der Waals surface area contributed by atoms with Gasteiger partial charge in [-0.25, -0.2) is 0 Å². The maximum absolute atomic E-state index is 5.81.